The molecule has 1 rings (SSSR count). The number of rotatable bonds is 7. The van der Waals surface area contributed by atoms with Crippen molar-refractivity contribution in [1.82, 2.24) is 0 Å². The highest BCUT2D eigenvalue weighted by Crippen LogP contribution is 2.25. The lowest BCUT2D eigenvalue weighted by Gasteiger charge is -1.99. The van der Waals surface area contributed by atoms with Gasteiger partial charge in [-0.3, -0.25) is 0 Å². The van der Waals surface area contributed by atoms with Gasteiger partial charge >= 0.3 is 0 Å². The van der Waals surface area contributed by atoms with E-state index < -0.39 is 6.10 Å². The Labute approximate surface area is 87.0 Å². The third-order valence-electron chi connectivity index (χ3n) is 2.65. The van der Waals surface area contributed by atoms with Gasteiger partial charge in [0.1, 0.15) is 12.2 Å². The number of epoxide rings is 1. The van der Waals surface area contributed by atoms with Crippen molar-refractivity contribution in [3.63, 3.8) is 0 Å². The molecule has 1 aliphatic heterocycles. The van der Waals surface area contributed by atoms with E-state index in [0.29, 0.717) is 0 Å². The Hall–Kier alpha value is -0.340. The van der Waals surface area contributed by atoms with Gasteiger partial charge in [-0.15, -0.1) is 0 Å². The van der Waals surface area contributed by atoms with Gasteiger partial charge in [-0.05, 0) is 19.8 Å². The van der Waals surface area contributed by atoms with Crippen LogP contribution in [0.25, 0.3) is 0 Å². The Morgan fingerprint density at radius 2 is 2.07 bits per heavy atom. The molecule has 0 spiro atoms. The lowest BCUT2D eigenvalue weighted by molar-refractivity contribution is 0.177. The third kappa shape index (κ3) is 4.25. The fourth-order valence-corrected chi connectivity index (χ4v) is 1.59. The molecule has 82 valence electrons. The third-order valence-corrected chi connectivity index (χ3v) is 2.65. The molecule has 1 N–H and O–H groups in total. The number of hydrogen-bond acceptors (Lipinski definition) is 2. The molecule has 0 aromatic heterocycles. The van der Waals surface area contributed by atoms with Gasteiger partial charge in [-0.2, -0.15) is 0 Å². The number of ether oxygens (including phenoxy) is 1. The molecular formula is C12H22O2. The second kappa shape index (κ2) is 6.20. The highest BCUT2D eigenvalue weighted by molar-refractivity contribution is 5.00. The summed E-state index contributed by atoms with van der Waals surface area (Å²) in [5, 5.41) is 9.55. The quantitative estimate of drug-likeness (QED) is 0.387. The van der Waals surface area contributed by atoms with Crippen LogP contribution in [0, 0.1) is 0 Å². The van der Waals surface area contributed by atoms with Gasteiger partial charge in [-0.25, -0.2) is 0 Å². The van der Waals surface area contributed by atoms with E-state index in [0.717, 1.165) is 6.42 Å². The minimum atomic E-state index is -0.392. The topological polar surface area (TPSA) is 32.8 Å². The largest absolute Gasteiger partial charge is 0.386 e. The maximum absolute atomic E-state index is 9.55. The van der Waals surface area contributed by atoms with Gasteiger partial charge in [0.05, 0.1) is 6.10 Å². The van der Waals surface area contributed by atoms with Gasteiger partial charge < -0.3 is 9.84 Å². The Kier molecular flexibility index (Phi) is 5.20. The van der Waals surface area contributed by atoms with Crippen molar-refractivity contribution in [3.05, 3.63) is 12.2 Å². The van der Waals surface area contributed by atoms with E-state index in [1.165, 1.54) is 25.7 Å². The van der Waals surface area contributed by atoms with Crippen molar-refractivity contribution in [3.8, 4) is 0 Å². The van der Waals surface area contributed by atoms with Crippen LogP contribution in [0.4, 0.5) is 0 Å². The van der Waals surface area contributed by atoms with Crippen molar-refractivity contribution in [1.29, 1.82) is 0 Å². The summed E-state index contributed by atoms with van der Waals surface area (Å²) >= 11 is 0. The molecule has 0 aromatic carbocycles. The van der Waals surface area contributed by atoms with E-state index in [9.17, 15) is 5.11 Å². The Morgan fingerprint density at radius 3 is 2.64 bits per heavy atom. The maximum Gasteiger partial charge on any atom is 0.113 e. The van der Waals surface area contributed by atoms with Gasteiger partial charge in [0.25, 0.3) is 0 Å². The Morgan fingerprint density at radius 1 is 1.36 bits per heavy atom. The van der Waals surface area contributed by atoms with Crippen molar-refractivity contribution in [2.24, 2.45) is 0 Å². The van der Waals surface area contributed by atoms with E-state index >= 15 is 0 Å². The first-order valence-electron chi connectivity index (χ1n) is 5.76. The maximum atomic E-state index is 9.55. The van der Waals surface area contributed by atoms with Crippen LogP contribution in [0.2, 0.25) is 0 Å². The second-order valence-electron chi connectivity index (χ2n) is 4.07. The van der Waals surface area contributed by atoms with E-state index in [1.54, 1.807) is 0 Å². The van der Waals surface area contributed by atoms with Crippen LogP contribution in [0.1, 0.15) is 46.0 Å². The lowest BCUT2D eigenvalue weighted by Crippen LogP contribution is -2.12. The average molecular weight is 198 g/mol. The van der Waals surface area contributed by atoms with Crippen LogP contribution in [-0.2, 0) is 4.74 Å². The molecule has 1 aliphatic rings. The van der Waals surface area contributed by atoms with Crippen LogP contribution in [0.5, 0.6) is 0 Å². The summed E-state index contributed by atoms with van der Waals surface area (Å²) in [5.74, 6) is 0. The molecule has 1 saturated heterocycles. The van der Waals surface area contributed by atoms with Crippen molar-refractivity contribution < 1.29 is 9.84 Å². The lowest BCUT2D eigenvalue weighted by atomic mass is 10.1. The summed E-state index contributed by atoms with van der Waals surface area (Å²) in [7, 11) is 0. The summed E-state index contributed by atoms with van der Waals surface area (Å²) in [6.07, 6.45) is 10.1. The highest BCUT2D eigenvalue weighted by atomic mass is 16.6. The fraction of sp³-hybridized carbons (Fsp3) is 0.833. The zero-order valence-electron chi connectivity index (χ0n) is 9.28. The normalized spacial score (nSPS) is 28.2. The minimum Gasteiger partial charge on any atom is -0.386 e. The summed E-state index contributed by atoms with van der Waals surface area (Å²) in [6.45, 7) is 4.20. The molecule has 2 nitrogen and oxygen atoms in total. The van der Waals surface area contributed by atoms with Crippen LogP contribution >= 0.6 is 0 Å². The number of unbranched alkanes of at least 4 members (excludes halogenated alkanes) is 4. The van der Waals surface area contributed by atoms with Gasteiger partial charge in [0.15, 0.2) is 0 Å². The van der Waals surface area contributed by atoms with E-state index in [4.69, 9.17) is 4.74 Å². The van der Waals surface area contributed by atoms with Gasteiger partial charge in [0.2, 0.25) is 0 Å². The van der Waals surface area contributed by atoms with Crippen LogP contribution in [0.15, 0.2) is 12.2 Å². The zero-order chi connectivity index (χ0) is 10.4. The molecule has 0 aromatic rings. The number of hydrogen-bond donors (Lipinski definition) is 1. The molecule has 1 heterocycles. The van der Waals surface area contributed by atoms with Gasteiger partial charge in [0, 0.05) is 0 Å². The SMILES string of the molecule is CCCCCC/C=C\[C@@H](O)[C@@H]1O[C@@H]1C. The Balaban J connectivity index is 1.97. The number of allylic oxidation sites excluding steroid dienone is 1. The molecule has 0 saturated carbocycles. The predicted octanol–water partition coefficient (Wildman–Crippen LogP) is 2.66. The van der Waals surface area contributed by atoms with E-state index in [-0.39, 0.29) is 12.2 Å². The smallest absolute Gasteiger partial charge is 0.113 e. The molecule has 0 unspecified atom stereocenters. The minimum absolute atomic E-state index is 0.0573. The summed E-state index contributed by atoms with van der Waals surface area (Å²) in [5.41, 5.74) is 0. The number of aliphatic hydroxyl groups excluding tert-OH is 1. The van der Waals surface area contributed by atoms with Crippen LogP contribution in [0.3, 0.4) is 0 Å². The molecule has 0 bridgehead atoms. The van der Waals surface area contributed by atoms with Crippen molar-refractivity contribution >= 4 is 0 Å². The summed E-state index contributed by atoms with van der Waals surface area (Å²) in [4.78, 5) is 0. The first-order chi connectivity index (χ1) is 6.75. The monoisotopic (exact) mass is 198 g/mol. The molecular weight excluding hydrogens is 176 g/mol. The van der Waals surface area contributed by atoms with Gasteiger partial charge in [-0.1, -0.05) is 38.3 Å². The molecule has 0 aliphatic carbocycles. The second-order valence-corrected chi connectivity index (χ2v) is 4.07. The molecule has 14 heavy (non-hydrogen) atoms. The molecule has 3 atom stereocenters. The van der Waals surface area contributed by atoms with Crippen molar-refractivity contribution in [2.45, 2.75) is 64.3 Å². The standard InChI is InChI=1S/C12H22O2/c1-3-4-5-6-7-8-9-11(13)12-10(2)14-12/h8-13H,3-7H2,1-2H3/b9-8-/t10-,11-,12-/m1/s1. The summed E-state index contributed by atoms with van der Waals surface area (Å²) in [6, 6.07) is 0. The fourth-order valence-electron chi connectivity index (χ4n) is 1.59. The summed E-state index contributed by atoms with van der Waals surface area (Å²) < 4.78 is 5.17. The average Bonchev–Trinajstić information content (AvgIpc) is 2.88. The first-order valence-corrected chi connectivity index (χ1v) is 5.76. The van der Waals surface area contributed by atoms with Crippen LogP contribution < -0.4 is 0 Å². The molecule has 0 radical (unpaired) electrons. The molecule has 0 amide bonds. The predicted molar refractivity (Wildman–Crippen MR) is 58.2 cm³/mol. The zero-order valence-corrected chi connectivity index (χ0v) is 9.28. The highest BCUT2D eigenvalue weighted by Gasteiger charge is 2.39. The molecule has 1 fully saturated rings. The first kappa shape index (κ1) is 11.7. The van der Waals surface area contributed by atoms with E-state index in [1.807, 2.05) is 13.0 Å². The Bertz CT molecular complexity index is 177. The van der Waals surface area contributed by atoms with E-state index in [2.05, 4.69) is 13.0 Å². The number of aliphatic hydroxyl groups is 1. The van der Waals surface area contributed by atoms with Crippen molar-refractivity contribution in [2.75, 3.05) is 0 Å². The molecule has 2 heteroatoms. The van der Waals surface area contributed by atoms with Crippen LogP contribution in [-0.4, -0.2) is 23.4 Å².